The van der Waals surface area contributed by atoms with E-state index in [-0.39, 0.29) is 18.2 Å². The molecule has 170 valence electrons. The molecule has 3 aromatic rings. The monoisotopic (exact) mass is 461 g/mol. The van der Waals surface area contributed by atoms with Gasteiger partial charge in [0.1, 0.15) is 5.82 Å². The predicted molar refractivity (Wildman–Crippen MR) is 119 cm³/mol. The molecule has 0 bridgehead atoms. The topological polar surface area (TPSA) is 104 Å². The van der Waals surface area contributed by atoms with Gasteiger partial charge in [-0.2, -0.15) is 0 Å². The van der Waals surface area contributed by atoms with E-state index in [1.807, 2.05) is 0 Å². The Morgan fingerprint density at radius 3 is 2.81 bits per heavy atom. The van der Waals surface area contributed by atoms with Crippen molar-refractivity contribution in [3.8, 4) is 0 Å². The normalized spacial score (nSPS) is 19.5. The molecule has 3 N–H and O–H groups in total. The van der Waals surface area contributed by atoms with E-state index in [0.29, 0.717) is 47.9 Å². The van der Waals surface area contributed by atoms with Crippen LogP contribution in [0.3, 0.4) is 0 Å². The second-order valence-electron chi connectivity index (χ2n) is 7.96. The van der Waals surface area contributed by atoms with Crippen LogP contribution in [0.25, 0.3) is 11.0 Å². The van der Waals surface area contributed by atoms with Crippen LogP contribution in [0, 0.1) is 5.82 Å². The van der Waals surface area contributed by atoms with Crippen molar-refractivity contribution in [3.63, 3.8) is 0 Å². The molecule has 0 aliphatic carbocycles. The molecule has 1 aliphatic rings. The molecule has 0 spiro atoms. The quantitative estimate of drug-likeness (QED) is 0.487. The van der Waals surface area contributed by atoms with E-state index in [2.05, 4.69) is 20.2 Å². The summed E-state index contributed by atoms with van der Waals surface area (Å²) < 4.78 is 15.2. The number of aliphatic hydroxyl groups is 2. The maximum absolute atomic E-state index is 13.6. The highest BCUT2D eigenvalue weighted by atomic mass is 35.5. The molecule has 1 fully saturated rings. The summed E-state index contributed by atoms with van der Waals surface area (Å²) in [4.78, 5) is 22.6. The summed E-state index contributed by atoms with van der Waals surface area (Å²) in [7, 11) is 0. The van der Waals surface area contributed by atoms with Crippen molar-refractivity contribution in [2.75, 3.05) is 19.6 Å². The van der Waals surface area contributed by atoms with Crippen LogP contribution in [0.15, 0.2) is 41.5 Å². The zero-order valence-electron chi connectivity index (χ0n) is 17.4. The molecule has 0 amide bonds. The van der Waals surface area contributed by atoms with E-state index in [1.54, 1.807) is 18.3 Å². The molecular weight excluding hydrogens is 437 g/mol. The van der Waals surface area contributed by atoms with Crippen LogP contribution in [-0.4, -0.2) is 61.4 Å². The Bertz CT molecular complexity index is 1160. The lowest BCUT2D eigenvalue weighted by molar-refractivity contribution is 0.0385. The van der Waals surface area contributed by atoms with Crippen LogP contribution >= 0.6 is 11.6 Å². The molecule has 0 saturated carbocycles. The Kier molecular flexibility index (Phi) is 7.12. The Morgan fingerprint density at radius 2 is 2.06 bits per heavy atom. The van der Waals surface area contributed by atoms with Gasteiger partial charge in [-0.25, -0.2) is 4.39 Å². The first-order chi connectivity index (χ1) is 15.4. The largest absolute Gasteiger partial charge is 0.390 e. The van der Waals surface area contributed by atoms with E-state index in [4.69, 9.17) is 16.7 Å². The molecule has 32 heavy (non-hydrogen) atoms. The average Bonchev–Trinajstić information content (AvgIpc) is 2.78. The maximum Gasteiger partial charge on any atom is 0.251 e. The number of halogens is 2. The van der Waals surface area contributed by atoms with Crippen molar-refractivity contribution in [1.29, 1.82) is 0 Å². The summed E-state index contributed by atoms with van der Waals surface area (Å²) in [5.41, 5.74) is 2.14. The summed E-state index contributed by atoms with van der Waals surface area (Å²) in [5, 5.41) is 23.5. The number of aromatic nitrogens is 3. The van der Waals surface area contributed by atoms with E-state index in [1.165, 1.54) is 16.7 Å². The summed E-state index contributed by atoms with van der Waals surface area (Å²) in [6.45, 7) is 2.45. The number of hydrogen-bond acceptors (Lipinski definition) is 7. The average molecular weight is 462 g/mol. The Hall–Kier alpha value is -2.43. The lowest BCUT2D eigenvalue weighted by Crippen LogP contribution is -2.53. The van der Waals surface area contributed by atoms with Gasteiger partial charge in [-0.3, -0.25) is 19.7 Å². The van der Waals surface area contributed by atoms with Gasteiger partial charge in [-0.05, 0) is 30.7 Å². The van der Waals surface area contributed by atoms with Crippen LogP contribution in [0.1, 0.15) is 17.7 Å². The molecule has 1 saturated heterocycles. The molecule has 8 nitrogen and oxygen atoms in total. The van der Waals surface area contributed by atoms with Gasteiger partial charge >= 0.3 is 0 Å². The Morgan fingerprint density at radius 1 is 1.22 bits per heavy atom. The smallest absolute Gasteiger partial charge is 0.251 e. The second kappa shape index (κ2) is 10.0. The molecule has 3 aromatic heterocycles. The van der Waals surface area contributed by atoms with Crippen LogP contribution in [-0.2, 0) is 19.7 Å². The Balaban J connectivity index is 1.33. The fourth-order valence-corrected chi connectivity index (χ4v) is 4.27. The number of nitrogens with zero attached hydrogens (tertiary/aromatic N) is 4. The minimum absolute atomic E-state index is 0.0823. The van der Waals surface area contributed by atoms with Crippen molar-refractivity contribution >= 4 is 22.6 Å². The number of β-amino-alcohol motifs (C(OH)–C–C–N with tert-alkyl or cyclic N) is 1. The van der Waals surface area contributed by atoms with Gasteiger partial charge in [0.25, 0.3) is 5.56 Å². The molecule has 1 aliphatic heterocycles. The first-order valence-electron chi connectivity index (χ1n) is 10.5. The van der Waals surface area contributed by atoms with Gasteiger partial charge in [0.2, 0.25) is 0 Å². The van der Waals surface area contributed by atoms with Crippen LogP contribution in [0.5, 0.6) is 0 Å². The van der Waals surface area contributed by atoms with Gasteiger partial charge in [0.05, 0.1) is 40.7 Å². The highest BCUT2D eigenvalue weighted by Crippen LogP contribution is 2.17. The molecule has 10 heteroatoms. The Labute approximate surface area is 189 Å². The highest BCUT2D eigenvalue weighted by Gasteiger charge is 2.27. The first kappa shape index (κ1) is 22.8. The SMILES string of the molecule is O=c1ccc2ncc(F)cc2n1CCN1CCC(NCc2cnc(CO)c(Cl)c2)C(O)C1. The standard InChI is InChI=1S/C22H25ClFN5O3/c23-16-7-14(10-26-19(16)13-30)9-25-18-3-4-28(12-21(18)31)5-6-29-20-8-15(24)11-27-17(20)1-2-22(29)32/h1-2,7-8,10-11,18,21,25,30-31H,3-6,9,12-13H2. The summed E-state index contributed by atoms with van der Waals surface area (Å²) in [6, 6.07) is 6.03. The summed E-state index contributed by atoms with van der Waals surface area (Å²) >= 11 is 6.08. The second-order valence-corrected chi connectivity index (χ2v) is 8.36. The molecule has 2 atom stereocenters. The van der Waals surface area contributed by atoms with Gasteiger partial charge in [-0.1, -0.05) is 11.6 Å². The molecule has 2 unspecified atom stereocenters. The number of likely N-dealkylation sites (tertiary alicyclic amines) is 1. The van der Waals surface area contributed by atoms with E-state index in [9.17, 15) is 14.3 Å². The molecule has 4 rings (SSSR count). The lowest BCUT2D eigenvalue weighted by atomic mass is 10.0. The molecule has 0 radical (unpaired) electrons. The van der Waals surface area contributed by atoms with E-state index >= 15 is 0 Å². The van der Waals surface area contributed by atoms with E-state index in [0.717, 1.165) is 24.7 Å². The first-order valence-corrected chi connectivity index (χ1v) is 10.9. The lowest BCUT2D eigenvalue weighted by Gasteiger charge is -2.36. The summed E-state index contributed by atoms with van der Waals surface area (Å²) in [5.74, 6) is -0.485. The third-order valence-electron chi connectivity index (χ3n) is 5.80. The van der Waals surface area contributed by atoms with Crippen LogP contribution in [0.2, 0.25) is 5.02 Å². The summed E-state index contributed by atoms with van der Waals surface area (Å²) in [6.07, 6.45) is 2.95. The number of nitrogens with one attached hydrogen (secondary N) is 1. The minimum atomic E-state index is -0.577. The number of rotatable bonds is 7. The predicted octanol–water partition coefficient (Wildman–Crippen LogP) is 1.30. The van der Waals surface area contributed by atoms with Gasteiger partial charge in [0, 0.05) is 50.6 Å². The van der Waals surface area contributed by atoms with Crippen molar-refractivity contribution in [1.82, 2.24) is 24.8 Å². The van der Waals surface area contributed by atoms with Crippen LogP contribution in [0.4, 0.5) is 4.39 Å². The van der Waals surface area contributed by atoms with Crippen molar-refractivity contribution in [3.05, 3.63) is 69.1 Å². The van der Waals surface area contributed by atoms with Gasteiger partial charge in [-0.15, -0.1) is 0 Å². The van der Waals surface area contributed by atoms with Crippen molar-refractivity contribution < 1.29 is 14.6 Å². The highest BCUT2D eigenvalue weighted by molar-refractivity contribution is 6.31. The van der Waals surface area contributed by atoms with Gasteiger partial charge in [0.15, 0.2) is 0 Å². The number of fused-ring (bicyclic) bond motifs is 1. The number of hydrogen-bond donors (Lipinski definition) is 3. The van der Waals surface area contributed by atoms with E-state index < -0.39 is 11.9 Å². The number of aliphatic hydroxyl groups excluding tert-OH is 2. The number of piperidine rings is 1. The zero-order chi connectivity index (χ0) is 22.7. The van der Waals surface area contributed by atoms with Gasteiger partial charge < -0.3 is 20.1 Å². The van der Waals surface area contributed by atoms with Crippen LogP contribution < -0.4 is 10.9 Å². The number of pyridine rings is 3. The molecule has 0 aromatic carbocycles. The van der Waals surface area contributed by atoms with Crippen molar-refractivity contribution in [2.45, 2.75) is 38.3 Å². The van der Waals surface area contributed by atoms with Crippen molar-refractivity contribution in [2.24, 2.45) is 0 Å². The third-order valence-corrected chi connectivity index (χ3v) is 6.13. The molecular formula is C22H25ClFN5O3. The zero-order valence-corrected chi connectivity index (χ0v) is 18.2. The maximum atomic E-state index is 13.6. The fourth-order valence-electron chi connectivity index (χ4n) is 4.02. The third kappa shape index (κ3) is 5.13. The fraction of sp³-hybridized carbons (Fsp3) is 0.409. The minimum Gasteiger partial charge on any atom is -0.390 e. The molecule has 4 heterocycles.